The highest BCUT2D eigenvalue weighted by atomic mass is 16.5. The van der Waals surface area contributed by atoms with Crippen LogP contribution in [0.2, 0.25) is 0 Å². The van der Waals surface area contributed by atoms with Crippen LogP contribution >= 0.6 is 0 Å². The van der Waals surface area contributed by atoms with Gasteiger partial charge in [0.1, 0.15) is 6.10 Å². The summed E-state index contributed by atoms with van der Waals surface area (Å²) >= 11 is 0. The predicted molar refractivity (Wildman–Crippen MR) is 65.6 cm³/mol. The molecule has 0 aliphatic carbocycles. The summed E-state index contributed by atoms with van der Waals surface area (Å²) in [7, 11) is 0. The van der Waals surface area contributed by atoms with Crippen LogP contribution in [0.4, 0.5) is 0 Å². The number of unbranched alkanes of at least 4 members (excludes halogenated alkanes) is 1. The molecule has 0 saturated carbocycles. The second-order valence-corrected chi connectivity index (χ2v) is 4.02. The second-order valence-electron chi connectivity index (χ2n) is 4.02. The van der Waals surface area contributed by atoms with Crippen molar-refractivity contribution in [2.45, 2.75) is 52.1 Å². The summed E-state index contributed by atoms with van der Waals surface area (Å²) in [5.41, 5.74) is 5.44. The Morgan fingerprint density at radius 3 is 2.82 bits per heavy atom. The van der Waals surface area contributed by atoms with Crippen LogP contribution in [0.15, 0.2) is 4.52 Å². The number of rotatable bonds is 9. The molecule has 1 heterocycles. The first-order chi connectivity index (χ1) is 8.31. The van der Waals surface area contributed by atoms with Crippen molar-refractivity contribution >= 4 is 0 Å². The molecule has 0 amide bonds. The number of nitrogens with zero attached hydrogens (tertiary/aromatic N) is 2. The molecule has 1 aromatic heterocycles. The number of nitrogens with two attached hydrogens (primary N) is 1. The zero-order valence-electron chi connectivity index (χ0n) is 10.8. The van der Waals surface area contributed by atoms with E-state index in [0.29, 0.717) is 24.9 Å². The summed E-state index contributed by atoms with van der Waals surface area (Å²) in [6, 6.07) is 0. The minimum atomic E-state index is -0.0305. The molecule has 98 valence electrons. The van der Waals surface area contributed by atoms with Gasteiger partial charge < -0.3 is 15.0 Å². The van der Waals surface area contributed by atoms with Gasteiger partial charge in [-0.25, -0.2) is 0 Å². The molecule has 5 nitrogen and oxygen atoms in total. The van der Waals surface area contributed by atoms with E-state index in [9.17, 15) is 0 Å². The standard InChI is InChI=1S/C12H23N3O2/c1-3-7-10(16-4-2)12-14-11(17-15-12)8-5-6-9-13/h10H,3-9,13H2,1-2H3. The Kier molecular flexibility index (Phi) is 6.81. The molecule has 0 aliphatic rings. The fraction of sp³-hybridized carbons (Fsp3) is 0.833. The van der Waals surface area contributed by atoms with Gasteiger partial charge in [-0.1, -0.05) is 18.5 Å². The Bertz CT molecular complexity index is 296. The van der Waals surface area contributed by atoms with Crippen LogP contribution in [0.3, 0.4) is 0 Å². The van der Waals surface area contributed by atoms with Crippen molar-refractivity contribution < 1.29 is 9.26 Å². The van der Waals surface area contributed by atoms with Gasteiger partial charge in [0.05, 0.1) is 0 Å². The van der Waals surface area contributed by atoms with Gasteiger partial charge in [0, 0.05) is 13.0 Å². The van der Waals surface area contributed by atoms with Gasteiger partial charge in [0.15, 0.2) is 0 Å². The topological polar surface area (TPSA) is 74.2 Å². The molecule has 5 heteroatoms. The van der Waals surface area contributed by atoms with Gasteiger partial charge in [0.25, 0.3) is 0 Å². The number of aromatic nitrogens is 2. The van der Waals surface area contributed by atoms with Gasteiger partial charge in [0.2, 0.25) is 11.7 Å². The van der Waals surface area contributed by atoms with Crippen molar-refractivity contribution in [3.05, 3.63) is 11.7 Å². The molecule has 0 fully saturated rings. The first kappa shape index (κ1) is 14.1. The van der Waals surface area contributed by atoms with Crippen molar-refractivity contribution in [2.24, 2.45) is 5.73 Å². The van der Waals surface area contributed by atoms with E-state index in [-0.39, 0.29) is 6.10 Å². The molecule has 0 radical (unpaired) electrons. The first-order valence-electron chi connectivity index (χ1n) is 6.45. The van der Waals surface area contributed by atoms with E-state index in [0.717, 1.165) is 32.1 Å². The molecular weight excluding hydrogens is 218 g/mol. The fourth-order valence-electron chi connectivity index (χ4n) is 1.67. The molecule has 1 aromatic rings. The van der Waals surface area contributed by atoms with E-state index >= 15 is 0 Å². The Morgan fingerprint density at radius 1 is 1.35 bits per heavy atom. The van der Waals surface area contributed by atoms with Crippen molar-refractivity contribution in [3.63, 3.8) is 0 Å². The van der Waals surface area contributed by atoms with Gasteiger partial charge in [-0.05, 0) is 32.7 Å². The lowest BCUT2D eigenvalue weighted by Crippen LogP contribution is -2.06. The number of hydrogen-bond acceptors (Lipinski definition) is 5. The maximum atomic E-state index is 5.60. The predicted octanol–water partition coefficient (Wildman–Crippen LogP) is 2.23. The summed E-state index contributed by atoms with van der Waals surface area (Å²) in [6.45, 7) is 5.47. The molecule has 1 rings (SSSR count). The number of hydrogen-bond donors (Lipinski definition) is 1. The quantitative estimate of drug-likeness (QED) is 0.671. The SMILES string of the molecule is CCCC(OCC)c1noc(CCCCN)n1. The summed E-state index contributed by atoms with van der Waals surface area (Å²) in [5, 5.41) is 3.99. The highest BCUT2D eigenvalue weighted by Crippen LogP contribution is 2.20. The molecule has 0 saturated heterocycles. The van der Waals surface area contributed by atoms with Crippen molar-refractivity contribution in [2.75, 3.05) is 13.2 Å². The summed E-state index contributed by atoms with van der Waals surface area (Å²) < 4.78 is 10.8. The third-order valence-corrected chi connectivity index (χ3v) is 2.54. The molecule has 0 bridgehead atoms. The minimum Gasteiger partial charge on any atom is -0.370 e. The Hall–Kier alpha value is -0.940. The fourth-order valence-corrected chi connectivity index (χ4v) is 1.67. The summed E-state index contributed by atoms with van der Waals surface area (Å²) in [5.74, 6) is 1.37. The normalized spacial score (nSPS) is 12.9. The zero-order chi connectivity index (χ0) is 12.5. The molecule has 1 unspecified atom stereocenters. The highest BCUT2D eigenvalue weighted by Gasteiger charge is 2.17. The Balaban J connectivity index is 2.51. The van der Waals surface area contributed by atoms with Crippen LogP contribution in [-0.4, -0.2) is 23.3 Å². The third kappa shape index (κ3) is 4.83. The molecule has 0 spiro atoms. The van der Waals surface area contributed by atoms with E-state index in [1.165, 1.54) is 0 Å². The van der Waals surface area contributed by atoms with Crippen molar-refractivity contribution in [3.8, 4) is 0 Å². The van der Waals surface area contributed by atoms with Crippen LogP contribution in [0, 0.1) is 0 Å². The van der Waals surface area contributed by atoms with Crippen molar-refractivity contribution in [1.29, 1.82) is 0 Å². The van der Waals surface area contributed by atoms with E-state index in [4.69, 9.17) is 15.0 Å². The van der Waals surface area contributed by atoms with Gasteiger partial charge in [-0.3, -0.25) is 0 Å². The lowest BCUT2D eigenvalue weighted by atomic mass is 10.2. The zero-order valence-corrected chi connectivity index (χ0v) is 10.8. The van der Waals surface area contributed by atoms with E-state index in [2.05, 4.69) is 17.1 Å². The van der Waals surface area contributed by atoms with Gasteiger partial charge in [-0.2, -0.15) is 4.98 Å². The molecule has 2 N–H and O–H groups in total. The average Bonchev–Trinajstić information content (AvgIpc) is 2.78. The number of ether oxygens (including phenoxy) is 1. The molecule has 17 heavy (non-hydrogen) atoms. The van der Waals surface area contributed by atoms with Crippen LogP contribution in [-0.2, 0) is 11.2 Å². The van der Waals surface area contributed by atoms with E-state index in [1.54, 1.807) is 0 Å². The first-order valence-corrected chi connectivity index (χ1v) is 6.45. The smallest absolute Gasteiger partial charge is 0.226 e. The van der Waals surface area contributed by atoms with Gasteiger partial charge in [-0.15, -0.1) is 0 Å². The number of aryl methyl sites for hydroxylation is 1. The maximum Gasteiger partial charge on any atom is 0.226 e. The molecular formula is C12H23N3O2. The largest absolute Gasteiger partial charge is 0.370 e. The van der Waals surface area contributed by atoms with Crippen molar-refractivity contribution in [1.82, 2.24) is 10.1 Å². The maximum absolute atomic E-state index is 5.60. The lowest BCUT2D eigenvalue weighted by Gasteiger charge is -2.11. The van der Waals surface area contributed by atoms with Crippen LogP contribution in [0.5, 0.6) is 0 Å². The van der Waals surface area contributed by atoms with Gasteiger partial charge >= 0.3 is 0 Å². The average molecular weight is 241 g/mol. The molecule has 0 aromatic carbocycles. The van der Waals surface area contributed by atoms with Crippen LogP contribution in [0.25, 0.3) is 0 Å². The summed E-state index contributed by atoms with van der Waals surface area (Å²) in [6.07, 6.45) is 4.72. The summed E-state index contributed by atoms with van der Waals surface area (Å²) in [4.78, 5) is 4.38. The van der Waals surface area contributed by atoms with E-state index < -0.39 is 0 Å². The van der Waals surface area contributed by atoms with Crippen LogP contribution in [0.1, 0.15) is 57.3 Å². The molecule has 1 atom stereocenters. The second kappa shape index (κ2) is 8.20. The van der Waals surface area contributed by atoms with Crippen LogP contribution < -0.4 is 5.73 Å². The highest BCUT2D eigenvalue weighted by molar-refractivity contribution is 4.91. The minimum absolute atomic E-state index is 0.0305. The Labute approximate surface area is 103 Å². The third-order valence-electron chi connectivity index (χ3n) is 2.54. The Morgan fingerprint density at radius 2 is 2.18 bits per heavy atom. The lowest BCUT2D eigenvalue weighted by molar-refractivity contribution is 0.0478. The monoisotopic (exact) mass is 241 g/mol. The van der Waals surface area contributed by atoms with E-state index in [1.807, 2.05) is 6.92 Å². The molecule has 0 aliphatic heterocycles.